The first-order valence-electron chi connectivity index (χ1n) is 11.4. The monoisotopic (exact) mass is 536 g/mol. The lowest BCUT2D eigenvalue weighted by molar-refractivity contribution is -0.118. The van der Waals surface area contributed by atoms with Gasteiger partial charge in [-0.2, -0.15) is 0 Å². The van der Waals surface area contributed by atoms with Crippen LogP contribution in [0.15, 0.2) is 108 Å². The lowest BCUT2D eigenvalue weighted by atomic mass is 10.1. The average molecular weight is 537 g/mol. The van der Waals surface area contributed by atoms with E-state index in [-0.39, 0.29) is 22.3 Å². The van der Waals surface area contributed by atoms with Gasteiger partial charge in [0.25, 0.3) is 5.91 Å². The maximum Gasteiger partial charge on any atom is 0.262 e. The minimum atomic E-state index is -3.82. The zero-order valence-electron chi connectivity index (χ0n) is 19.9. The Hall–Kier alpha value is -3.85. The van der Waals surface area contributed by atoms with Gasteiger partial charge in [0, 0.05) is 11.7 Å². The van der Waals surface area contributed by atoms with Crippen molar-refractivity contribution >= 4 is 33.2 Å². The molecular formula is C28H25ClN2O5S. The molecule has 4 aromatic carbocycles. The number of benzene rings is 4. The molecule has 0 unspecified atom stereocenters. The van der Waals surface area contributed by atoms with Crippen LogP contribution in [0.25, 0.3) is 0 Å². The summed E-state index contributed by atoms with van der Waals surface area (Å²) in [5.41, 5.74) is 1.40. The first-order valence-corrected chi connectivity index (χ1v) is 13.3. The number of nitrogens with one attached hydrogen (secondary N) is 2. The molecule has 37 heavy (non-hydrogen) atoms. The van der Waals surface area contributed by atoms with Gasteiger partial charge in [0.15, 0.2) is 6.61 Å². The topological polar surface area (TPSA) is 93.7 Å². The highest BCUT2D eigenvalue weighted by atomic mass is 35.5. The van der Waals surface area contributed by atoms with Crippen molar-refractivity contribution in [2.45, 2.75) is 17.9 Å². The molecule has 0 aromatic heterocycles. The number of halogens is 1. The van der Waals surface area contributed by atoms with Gasteiger partial charge in [0.2, 0.25) is 10.0 Å². The van der Waals surface area contributed by atoms with Gasteiger partial charge in [-0.15, -0.1) is 0 Å². The van der Waals surface area contributed by atoms with E-state index in [2.05, 4.69) is 10.0 Å². The van der Waals surface area contributed by atoms with Gasteiger partial charge in [-0.05, 0) is 67.1 Å². The highest BCUT2D eigenvalue weighted by Gasteiger charge is 2.20. The normalized spacial score (nSPS) is 11.9. The van der Waals surface area contributed by atoms with Crippen molar-refractivity contribution in [3.63, 3.8) is 0 Å². The number of para-hydroxylation sites is 1. The van der Waals surface area contributed by atoms with Crippen molar-refractivity contribution in [3.05, 3.63) is 114 Å². The molecule has 0 aliphatic rings. The van der Waals surface area contributed by atoms with Crippen molar-refractivity contribution in [1.29, 1.82) is 0 Å². The van der Waals surface area contributed by atoms with E-state index in [0.717, 1.165) is 5.56 Å². The van der Waals surface area contributed by atoms with Gasteiger partial charge in [-0.1, -0.05) is 60.1 Å². The number of sulfonamides is 1. The third-order valence-corrected chi connectivity index (χ3v) is 7.15. The molecule has 7 nitrogen and oxygen atoms in total. The highest BCUT2D eigenvalue weighted by Crippen LogP contribution is 2.28. The van der Waals surface area contributed by atoms with Crippen LogP contribution in [0.1, 0.15) is 18.5 Å². The van der Waals surface area contributed by atoms with E-state index < -0.39 is 22.0 Å². The van der Waals surface area contributed by atoms with Crippen molar-refractivity contribution < 1.29 is 22.7 Å². The second kappa shape index (κ2) is 11.9. The standard InChI is InChI=1S/C28H25ClN2O5S/c1-20(21-8-4-2-5-9-21)31-37(33,34)25-16-17-27(26(29)18-25)35-19-28(32)30-22-12-14-24(15-13-22)36-23-10-6-3-7-11-23/h2-18,20,31H,19H2,1H3,(H,30,32)/t20-/m1/s1. The van der Waals surface area contributed by atoms with E-state index in [1.54, 1.807) is 31.2 Å². The number of ether oxygens (including phenoxy) is 2. The van der Waals surface area contributed by atoms with Gasteiger partial charge in [0.1, 0.15) is 17.2 Å². The molecule has 0 spiro atoms. The van der Waals surface area contributed by atoms with E-state index in [4.69, 9.17) is 21.1 Å². The number of carbonyl (C=O) groups excluding carboxylic acids is 1. The molecule has 0 aliphatic carbocycles. The molecule has 0 fully saturated rings. The number of carbonyl (C=O) groups is 1. The summed E-state index contributed by atoms with van der Waals surface area (Å²) in [4.78, 5) is 12.3. The Labute approximate surface area is 221 Å². The number of hydrogen-bond acceptors (Lipinski definition) is 5. The molecule has 2 N–H and O–H groups in total. The Bertz CT molecular complexity index is 1450. The zero-order chi connectivity index (χ0) is 26.3. The van der Waals surface area contributed by atoms with E-state index in [1.807, 2.05) is 60.7 Å². The fraction of sp³-hybridized carbons (Fsp3) is 0.107. The molecule has 0 bridgehead atoms. The van der Waals surface area contributed by atoms with Crippen LogP contribution in [-0.2, 0) is 14.8 Å². The van der Waals surface area contributed by atoms with Crippen molar-refractivity contribution in [3.8, 4) is 17.2 Å². The van der Waals surface area contributed by atoms with Gasteiger partial charge in [-0.3, -0.25) is 4.79 Å². The molecule has 9 heteroatoms. The first kappa shape index (κ1) is 26.2. The Morgan fingerprint density at radius 2 is 1.49 bits per heavy atom. The molecule has 1 atom stereocenters. The Morgan fingerprint density at radius 3 is 2.14 bits per heavy atom. The van der Waals surface area contributed by atoms with Gasteiger partial charge in [-0.25, -0.2) is 13.1 Å². The molecule has 0 saturated carbocycles. The van der Waals surface area contributed by atoms with Crippen LogP contribution in [0.3, 0.4) is 0 Å². The summed E-state index contributed by atoms with van der Waals surface area (Å²) in [6.45, 7) is 1.45. The molecule has 190 valence electrons. The Kier molecular flexibility index (Phi) is 8.45. The second-order valence-corrected chi connectivity index (χ2v) is 10.2. The number of rotatable bonds is 10. The highest BCUT2D eigenvalue weighted by molar-refractivity contribution is 7.89. The predicted octanol–water partition coefficient (Wildman–Crippen LogP) is 6.19. The second-order valence-electron chi connectivity index (χ2n) is 8.12. The lowest BCUT2D eigenvalue weighted by Crippen LogP contribution is -2.27. The summed E-state index contributed by atoms with van der Waals surface area (Å²) in [6, 6.07) is 29.2. The van der Waals surface area contributed by atoms with E-state index in [1.165, 1.54) is 18.2 Å². The fourth-order valence-corrected chi connectivity index (χ4v) is 5.01. The fourth-order valence-electron chi connectivity index (χ4n) is 3.45. The third-order valence-electron chi connectivity index (χ3n) is 5.32. The maximum atomic E-state index is 12.8. The van der Waals surface area contributed by atoms with Crippen LogP contribution in [-0.4, -0.2) is 20.9 Å². The average Bonchev–Trinajstić information content (AvgIpc) is 2.90. The summed E-state index contributed by atoms with van der Waals surface area (Å²) in [6.07, 6.45) is 0. The van der Waals surface area contributed by atoms with E-state index in [9.17, 15) is 13.2 Å². The predicted molar refractivity (Wildman–Crippen MR) is 144 cm³/mol. The number of anilines is 1. The summed E-state index contributed by atoms with van der Waals surface area (Å²) in [7, 11) is -3.82. The molecular weight excluding hydrogens is 512 g/mol. The van der Waals surface area contributed by atoms with Gasteiger partial charge >= 0.3 is 0 Å². The van der Waals surface area contributed by atoms with Crippen LogP contribution in [0.5, 0.6) is 17.2 Å². The van der Waals surface area contributed by atoms with Crippen LogP contribution in [0.4, 0.5) is 5.69 Å². The van der Waals surface area contributed by atoms with Crippen molar-refractivity contribution in [2.24, 2.45) is 0 Å². The molecule has 0 radical (unpaired) electrons. The SMILES string of the molecule is C[C@@H](NS(=O)(=O)c1ccc(OCC(=O)Nc2ccc(Oc3ccccc3)cc2)c(Cl)c1)c1ccccc1. The summed E-state index contributed by atoms with van der Waals surface area (Å²) >= 11 is 6.25. The minimum absolute atomic E-state index is 0.00473. The molecule has 4 rings (SSSR count). The summed E-state index contributed by atoms with van der Waals surface area (Å²) in [5, 5.41) is 2.80. The van der Waals surface area contributed by atoms with E-state index in [0.29, 0.717) is 17.2 Å². The van der Waals surface area contributed by atoms with Crippen molar-refractivity contribution in [2.75, 3.05) is 11.9 Å². The Morgan fingerprint density at radius 1 is 0.865 bits per heavy atom. The zero-order valence-corrected chi connectivity index (χ0v) is 21.5. The number of hydrogen-bond donors (Lipinski definition) is 2. The quantitative estimate of drug-likeness (QED) is 0.252. The number of amides is 1. The third kappa shape index (κ3) is 7.33. The van der Waals surface area contributed by atoms with Crippen molar-refractivity contribution in [1.82, 2.24) is 4.72 Å². The van der Waals surface area contributed by atoms with Crippen LogP contribution >= 0.6 is 11.6 Å². The summed E-state index contributed by atoms with van der Waals surface area (Å²) < 4.78 is 39.5. The Balaban J connectivity index is 1.31. The van der Waals surface area contributed by atoms with Crippen LogP contribution in [0, 0.1) is 0 Å². The maximum absolute atomic E-state index is 12.8. The first-order chi connectivity index (χ1) is 17.8. The van der Waals surface area contributed by atoms with Crippen LogP contribution < -0.4 is 19.5 Å². The molecule has 0 aliphatic heterocycles. The largest absolute Gasteiger partial charge is 0.482 e. The smallest absolute Gasteiger partial charge is 0.262 e. The molecule has 1 amide bonds. The minimum Gasteiger partial charge on any atom is -0.482 e. The molecule has 0 heterocycles. The van der Waals surface area contributed by atoms with Crippen LogP contribution in [0.2, 0.25) is 5.02 Å². The van der Waals surface area contributed by atoms with Gasteiger partial charge < -0.3 is 14.8 Å². The van der Waals surface area contributed by atoms with Gasteiger partial charge in [0.05, 0.1) is 9.92 Å². The van der Waals surface area contributed by atoms with E-state index >= 15 is 0 Å². The lowest BCUT2D eigenvalue weighted by Gasteiger charge is -2.15. The molecule has 4 aromatic rings. The summed E-state index contributed by atoms with van der Waals surface area (Å²) in [5.74, 6) is 1.14. The molecule has 0 saturated heterocycles.